The van der Waals surface area contributed by atoms with Gasteiger partial charge in [-0.05, 0) is 73.4 Å². The first-order chi connectivity index (χ1) is 21.1. The smallest absolute Gasteiger partial charge is 0.264 e. The normalized spacial score (nSPS) is 11.9. The average Bonchev–Trinajstić information content (AvgIpc) is 3.02. The lowest BCUT2D eigenvalue weighted by atomic mass is 10.0. The predicted octanol–water partition coefficient (Wildman–Crippen LogP) is 6.32. The van der Waals surface area contributed by atoms with Gasteiger partial charge in [-0.2, -0.15) is 0 Å². The number of benzene rings is 4. The molecule has 0 aliphatic heterocycles. The first kappa shape index (κ1) is 32.8. The van der Waals surface area contributed by atoms with Crippen LogP contribution in [-0.2, 0) is 32.6 Å². The van der Waals surface area contributed by atoms with Gasteiger partial charge in [0.15, 0.2) is 0 Å². The topological polar surface area (TPSA) is 86.8 Å². The SMILES string of the molecule is CCCNC(=O)C(Cc1ccccc1)N(Cc1ccccc1C)C(=O)CN(c1ccc(Cl)cc1)S(=O)(=O)c1ccc(C)cc1. The summed E-state index contributed by atoms with van der Waals surface area (Å²) < 4.78 is 29.2. The number of carbonyl (C=O) groups is 2. The fraction of sp³-hybridized carbons (Fsp3) is 0.257. The number of halogens is 1. The Morgan fingerprint density at radius 3 is 2.11 bits per heavy atom. The summed E-state index contributed by atoms with van der Waals surface area (Å²) >= 11 is 6.13. The maximum absolute atomic E-state index is 14.5. The number of nitrogens with one attached hydrogen (secondary N) is 1. The van der Waals surface area contributed by atoms with E-state index in [1.54, 1.807) is 36.4 Å². The van der Waals surface area contributed by atoms with Crippen molar-refractivity contribution < 1.29 is 18.0 Å². The number of carbonyl (C=O) groups excluding carboxylic acids is 2. The molecule has 44 heavy (non-hydrogen) atoms. The van der Waals surface area contributed by atoms with E-state index in [4.69, 9.17) is 11.6 Å². The van der Waals surface area contributed by atoms with Gasteiger partial charge in [-0.1, -0.05) is 90.8 Å². The lowest BCUT2D eigenvalue weighted by Crippen LogP contribution is -2.53. The quantitative estimate of drug-likeness (QED) is 0.187. The third kappa shape index (κ3) is 8.27. The van der Waals surface area contributed by atoms with Crippen LogP contribution in [-0.4, -0.2) is 44.3 Å². The second kappa shape index (κ2) is 15.0. The molecule has 230 valence electrons. The minimum absolute atomic E-state index is 0.0535. The third-order valence-corrected chi connectivity index (χ3v) is 9.46. The van der Waals surface area contributed by atoms with Gasteiger partial charge in [-0.15, -0.1) is 0 Å². The molecule has 0 spiro atoms. The maximum atomic E-state index is 14.5. The number of nitrogens with zero attached hydrogens (tertiary/aromatic N) is 2. The van der Waals surface area contributed by atoms with Crippen molar-refractivity contribution in [3.8, 4) is 0 Å². The maximum Gasteiger partial charge on any atom is 0.264 e. The Bertz CT molecular complexity index is 1660. The van der Waals surface area contributed by atoms with E-state index in [1.807, 2.05) is 75.4 Å². The first-order valence-corrected chi connectivity index (χ1v) is 16.4. The van der Waals surface area contributed by atoms with Crippen molar-refractivity contribution in [2.45, 2.75) is 51.1 Å². The summed E-state index contributed by atoms with van der Waals surface area (Å²) in [4.78, 5) is 29.7. The molecule has 1 atom stereocenters. The highest BCUT2D eigenvalue weighted by atomic mass is 35.5. The summed E-state index contributed by atoms with van der Waals surface area (Å²) in [7, 11) is -4.17. The lowest BCUT2D eigenvalue weighted by molar-refractivity contribution is -0.140. The van der Waals surface area contributed by atoms with E-state index in [-0.39, 0.29) is 29.5 Å². The van der Waals surface area contributed by atoms with Crippen LogP contribution in [0.3, 0.4) is 0 Å². The Kier molecular flexibility index (Phi) is 11.2. The molecular formula is C35H38ClN3O4S. The Hall–Kier alpha value is -4.14. The highest BCUT2D eigenvalue weighted by Crippen LogP contribution is 2.27. The molecule has 0 radical (unpaired) electrons. The number of anilines is 1. The van der Waals surface area contributed by atoms with E-state index in [2.05, 4.69) is 5.32 Å². The largest absolute Gasteiger partial charge is 0.354 e. The molecule has 0 aliphatic carbocycles. The van der Waals surface area contributed by atoms with Crippen molar-refractivity contribution in [3.05, 3.63) is 130 Å². The van der Waals surface area contributed by atoms with Crippen LogP contribution < -0.4 is 9.62 Å². The number of amides is 2. The molecule has 0 saturated heterocycles. The molecule has 0 bridgehead atoms. The van der Waals surface area contributed by atoms with Crippen LogP contribution in [0.1, 0.15) is 35.6 Å². The minimum Gasteiger partial charge on any atom is -0.354 e. The van der Waals surface area contributed by atoms with Crippen LogP contribution in [0.15, 0.2) is 108 Å². The molecule has 1 unspecified atom stereocenters. The van der Waals surface area contributed by atoms with Gasteiger partial charge >= 0.3 is 0 Å². The molecule has 1 N–H and O–H groups in total. The molecule has 4 aromatic rings. The van der Waals surface area contributed by atoms with Gasteiger partial charge in [0.25, 0.3) is 10.0 Å². The van der Waals surface area contributed by atoms with Gasteiger partial charge in [0.1, 0.15) is 12.6 Å². The van der Waals surface area contributed by atoms with E-state index >= 15 is 0 Å². The molecule has 2 amide bonds. The van der Waals surface area contributed by atoms with Crippen molar-refractivity contribution >= 4 is 39.1 Å². The standard InChI is InChI=1S/C35H38ClN3O4S/c1-4-22-37-35(41)33(23-28-11-6-5-7-12-28)38(24-29-13-9-8-10-27(29)3)34(40)25-39(31-18-16-30(36)17-19-31)44(42,43)32-20-14-26(2)15-21-32/h5-21,33H,4,22-25H2,1-3H3,(H,37,41). The number of hydrogen-bond acceptors (Lipinski definition) is 4. The van der Waals surface area contributed by atoms with Crippen molar-refractivity contribution in [1.82, 2.24) is 10.2 Å². The van der Waals surface area contributed by atoms with Crippen molar-refractivity contribution in [3.63, 3.8) is 0 Å². The average molecular weight is 632 g/mol. The van der Waals surface area contributed by atoms with Crippen LogP contribution in [0, 0.1) is 13.8 Å². The van der Waals surface area contributed by atoms with Gasteiger partial charge in [-0.25, -0.2) is 8.42 Å². The van der Waals surface area contributed by atoms with Crippen LogP contribution in [0.2, 0.25) is 5.02 Å². The summed E-state index contributed by atoms with van der Waals surface area (Å²) in [5, 5.41) is 3.40. The zero-order valence-electron chi connectivity index (χ0n) is 25.2. The third-order valence-electron chi connectivity index (χ3n) is 7.42. The van der Waals surface area contributed by atoms with E-state index < -0.39 is 28.5 Å². The summed E-state index contributed by atoms with van der Waals surface area (Å²) in [5.74, 6) is -0.802. The molecule has 0 aliphatic rings. The summed E-state index contributed by atoms with van der Waals surface area (Å²) in [5.41, 5.74) is 3.90. The molecule has 0 heterocycles. The molecule has 0 saturated carbocycles. The first-order valence-electron chi connectivity index (χ1n) is 14.6. The molecule has 0 fully saturated rings. The van der Waals surface area contributed by atoms with Gasteiger partial charge in [0, 0.05) is 24.5 Å². The van der Waals surface area contributed by atoms with Gasteiger partial charge in [-0.3, -0.25) is 13.9 Å². The van der Waals surface area contributed by atoms with E-state index in [1.165, 1.54) is 17.0 Å². The van der Waals surface area contributed by atoms with E-state index in [0.29, 0.717) is 11.6 Å². The van der Waals surface area contributed by atoms with E-state index in [0.717, 1.165) is 33.0 Å². The number of rotatable bonds is 13. The Morgan fingerprint density at radius 2 is 1.48 bits per heavy atom. The number of aryl methyl sites for hydroxylation is 2. The molecule has 0 aromatic heterocycles. The van der Waals surface area contributed by atoms with Gasteiger partial charge < -0.3 is 10.2 Å². The Morgan fingerprint density at radius 1 is 0.841 bits per heavy atom. The minimum atomic E-state index is -4.17. The Balaban J connectivity index is 1.80. The molecule has 7 nitrogen and oxygen atoms in total. The van der Waals surface area contributed by atoms with Crippen molar-refractivity contribution in [1.29, 1.82) is 0 Å². The summed E-state index contributed by atoms with van der Waals surface area (Å²) in [6, 6.07) is 29.1. The van der Waals surface area contributed by atoms with Gasteiger partial charge in [0.2, 0.25) is 11.8 Å². The van der Waals surface area contributed by atoms with Crippen LogP contribution in [0.25, 0.3) is 0 Å². The molecular weight excluding hydrogens is 594 g/mol. The molecule has 9 heteroatoms. The van der Waals surface area contributed by atoms with Crippen LogP contribution in [0.4, 0.5) is 5.69 Å². The van der Waals surface area contributed by atoms with E-state index in [9.17, 15) is 18.0 Å². The lowest BCUT2D eigenvalue weighted by Gasteiger charge is -2.34. The second-order valence-electron chi connectivity index (χ2n) is 10.7. The monoisotopic (exact) mass is 631 g/mol. The second-order valence-corrected chi connectivity index (χ2v) is 13.0. The predicted molar refractivity (Wildman–Crippen MR) is 176 cm³/mol. The van der Waals surface area contributed by atoms with Crippen LogP contribution >= 0.6 is 11.6 Å². The van der Waals surface area contributed by atoms with Crippen molar-refractivity contribution in [2.24, 2.45) is 0 Å². The number of sulfonamides is 1. The fourth-order valence-corrected chi connectivity index (χ4v) is 6.40. The highest BCUT2D eigenvalue weighted by Gasteiger charge is 2.34. The summed E-state index contributed by atoms with van der Waals surface area (Å²) in [6.45, 7) is 5.84. The van der Waals surface area contributed by atoms with Gasteiger partial charge in [0.05, 0.1) is 10.6 Å². The molecule has 4 aromatic carbocycles. The van der Waals surface area contributed by atoms with Crippen LogP contribution in [0.5, 0.6) is 0 Å². The zero-order chi connectivity index (χ0) is 31.7. The molecule has 4 rings (SSSR count). The number of hydrogen-bond donors (Lipinski definition) is 1. The fourth-order valence-electron chi connectivity index (χ4n) is 4.86. The van der Waals surface area contributed by atoms with Crippen molar-refractivity contribution in [2.75, 3.05) is 17.4 Å². The zero-order valence-corrected chi connectivity index (χ0v) is 26.8. The highest BCUT2D eigenvalue weighted by molar-refractivity contribution is 7.92. The Labute approximate surface area is 265 Å². The summed E-state index contributed by atoms with van der Waals surface area (Å²) in [6.07, 6.45) is 0.994.